The topological polar surface area (TPSA) is 72.4 Å². The minimum atomic E-state index is -0.321. The van der Waals surface area contributed by atoms with Crippen LogP contribution in [0.25, 0.3) is 0 Å². The van der Waals surface area contributed by atoms with Gasteiger partial charge in [0.2, 0.25) is 5.91 Å². The normalized spacial score (nSPS) is 18.3. The average molecular weight is 265 g/mol. The summed E-state index contributed by atoms with van der Waals surface area (Å²) in [5.41, 5.74) is 5.31. The van der Waals surface area contributed by atoms with Crippen molar-refractivity contribution in [2.75, 3.05) is 6.61 Å². The van der Waals surface area contributed by atoms with Crippen molar-refractivity contribution in [1.29, 1.82) is 0 Å². The van der Waals surface area contributed by atoms with Crippen molar-refractivity contribution in [1.82, 2.24) is 15.4 Å². The molecule has 1 aliphatic rings. The van der Waals surface area contributed by atoms with Gasteiger partial charge in [-0.1, -0.05) is 0 Å². The van der Waals surface area contributed by atoms with Gasteiger partial charge in [0, 0.05) is 26.3 Å². The zero-order valence-electron chi connectivity index (χ0n) is 11.0. The molecule has 6 heteroatoms. The van der Waals surface area contributed by atoms with Gasteiger partial charge in [0.25, 0.3) is 5.91 Å². The minimum Gasteiger partial charge on any atom is -0.378 e. The molecule has 1 aromatic heterocycles. The van der Waals surface area contributed by atoms with E-state index in [0.29, 0.717) is 18.5 Å². The van der Waals surface area contributed by atoms with Crippen LogP contribution < -0.4 is 10.9 Å². The summed E-state index contributed by atoms with van der Waals surface area (Å²) in [5.74, 6) is -0.518. The lowest BCUT2D eigenvalue weighted by Crippen LogP contribution is -2.42. The number of amides is 2. The molecule has 2 heterocycles. The molecule has 0 radical (unpaired) electrons. The first kappa shape index (κ1) is 13.6. The Kier molecular flexibility index (Phi) is 4.57. The summed E-state index contributed by atoms with van der Waals surface area (Å²) in [6.45, 7) is 0.788. The Hall–Kier alpha value is -1.82. The van der Waals surface area contributed by atoms with Crippen LogP contribution in [0.4, 0.5) is 0 Å². The fraction of sp³-hybridized carbons (Fsp3) is 0.538. The molecule has 0 saturated carbocycles. The quantitative estimate of drug-likeness (QED) is 0.789. The number of aryl methyl sites for hydroxylation is 1. The van der Waals surface area contributed by atoms with E-state index in [1.165, 1.54) is 0 Å². The molecule has 1 aromatic rings. The number of ether oxygens (including phenoxy) is 1. The number of hydrogen-bond acceptors (Lipinski definition) is 3. The molecule has 2 N–H and O–H groups in total. The highest BCUT2D eigenvalue weighted by Crippen LogP contribution is 2.16. The number of nitrogens with zero attached hydrogens (tertiary/aromatic N) is 1. The number of nitrogens with one attached hydrogen (secondary N) is 2. The second-order valence-corrected chi connectivity index (χ2v) is 4.68. The molecule has 2 amide bonds. The molecule has 0 aliphatic carbocycles. The molecule has 0 spiro atoms. The molecule has 1 unspecified atom stereocenters. The van der Waals surface area contributed by atoms with Crippen LogP contribution in [-0.4, -0.2) is 29.1 Å². The van der Waals surface area contributed by atoms with Gasteiger partial charge >= 0.3 is 0 Å². The third-order valence-corrected chi connectivity index (χ3v) is 3.21. The summed E-state index contributed by atoms with van der Waals surface area (Å²) in [6.07, 6.45) is 5.10. The molecule has 1 fully saturated rings. The molecule has 1 aliphatic heterocycles. The monoisotopic (exact) mass is 265 g/mol. The molecule has 1 saturated heterocycles. The largest absolute Gasteiger partial charge is 0.378 e. The van der Waals surface area contributed by atoms with Crippen molar-refractivity contribution in [3.8, 4) is 0 Å². The zero-order valence-corrected chi connectivity index (χ0v) is 11.0. The van der Waals surface area contributed by atoms with E-state index in [1.807, 2.05) is 0 Å². The maximum atomic E-state index is 11.7. The average Bonchev–Trinajstić information content (AvgIpc) is 3.04. The molecule has 104 valence electrons. The smallest absolute Gasteiger partial charge is 0.286 e. The minimum absolute atomic E-state index is 0.189. The second-order valence-electron chi connectivity index (χ2n) is 4.68. The first-order chi connectivity index (χ1) is 9.16. The summed E-state index contributed by atoms with van der Waals surface area (Å²) >= 11 is 0. The van der Waals surface area contributed by atoms with E-state index >= 15 is 0 Å². The zero-order chi connectivity index (χ0) is 13.7. The fourth-order valence-corrected chi connectivity index (χ4v) is 2.11. The molecule has 6 nitrogen and oxygen atoms in total. The van der Waals surface area contributed by atoms with Gasteiger partial charge in [-0.15, -0.1) is 0 Å². The first-order valence-corrected chi connectivity index (χ1v) is 6.49. The van der Waals surface area contributed by atoms with E-state index in [0.717, 1.165) is 19.4 Å². The maximum absolute atomic E-state index is 11.7. The third-order valence-electron chi connectivity index (χ3n) is 3.21. The van der Waals surface area contributed by atoms with Gasteiger partial charge in [0.1, 0.15) is 5.69 Å². The summed E-state index contributed by atoms with van der Waals surface area (Å²) in [5, 5.41) is 0. The van der Waals surface area contributed by atoms with Crippen molar-refractivity contribution < 1.29 is 14.3 Å². The van der Waals surface area contributed by atoms with Crippen LogP contribution in [0.3, 0.4) is 0 Å². The van der Waals surface area contributed by atoms with Crippen LogP contribution in [0.5, 0.6) is 0 Å². The molecular formula is C13H19N3O3. The Morgan fingerprint density at radius 3 is 2.95 bits per heavy atom. The molecular weight excluding hydrogens is 246 g/mol. The van der Waals surface area contributed by atoms with Crippen LogP contribution in [0, 0.1) is 0 Å². The first-order valence-electron chi connectivity index (χ1n) is 6.49. The summed E-state index contributed by atoms with van der Waals surface area (Å²) in [6, 6.07) is 3.46. The lowest BCUT2D eigenvalue weighted by molar-refractivity contribution is -0.122. The maximum Gasteiger partial charge on any atom is 0.286 e. The Balaban J connectivity index is 1.68. The highest BCUT2D eigenvalue weighted by molar-refractivity contribution is 5.94. The number of hydrazine groups is 1. The number of carbonyl (C=O) groups excluding carboxylic acids is 2. The van der Waals surface area contributed by atoms with E-state index < -0.39 is 0 Å². The lowest BCUT2D eigenvalue weighted by Gasteiger charge is -2.10. The summed E-state index contributed by atoms with van der Waals surface area (Å²) in [7, 11) is 1.77. The number of carbonyl (C=O) groups is 2. The second kappa shape index (κ2) is 6.38. The number of hydrogen-bond donors (Lipinski definition) is 2. The van der Waals surface area contributed by atoms with Crippen molar-refractivity contribution in [3.05, 3.63) is 24.0 Å². The van der Waals surface area contributed by atoms with E-state index in [4.69, 9.17) is 4.74 Å². The summed E-state index contributed by atoms with van der Waals surface area (Å²) < 4.78 is 7.12. The van der Waals surface area contributed by atoms with Crippen LogP contribution in [0.2, 0.25) is 0 Å². The van der Waals surface area contributed by atoms with Gasteiger partial charge in [-0.05, 0) is 31.4 Å². The van der Waals surface area contributed by atoms with E-state index in [9.17, 15) is 9.59 Å². The molecule has 0 bridgehead atoms. The van der Waals surface area contributed by atoms with E-state index in [2.05, 4.69) is 10.9 Å². The van der Waals surface area contributed by atoms with Crippen LogP contribution >= 0.6 is 0 Å². The Bertz CT molecular complexity index is 450. The Labute approximate surface area is 112 Å². The van der Waals surface area contributed by atoms with Gasteiger partial charge in [0.15, 0.2) is 0 Å². The van der Waals surface area contributed by atoms with E-state index in [1.54, 1.807) is 29.9 Å². The third kappa shape index (κ3) is 3.82. The summed E-state index contributed by atoms with van der Waals surface area (Å²) in [4.78, 5) is 23.3. The predicted octanol–water partition coefficient (Wildman–Crippen LogP) is 0.745. The van der Waals surface area contributed by atoms with Crippen molar-refractivity contribution in [2.24, 2.45) is 7.05 Å². The van der Waals surface area contributed by atoms with Crippen LogP contribution in [0.1, 0.15) is 36.2 Å². The number of aromatic nitrogens is 1. The Morgan fingerprint density at radius 1 is 1.47 bits per heavy atom. The molecule has 0 aromatic carbocycles. The van der Waals surface area contributed by atoms with Gasteiger partial charge in [-0.2, -0.15) is 0 Å². The molecule has 1 atom stereocenters. The van der Waals surface area contributed by atoms with Gasteiger partial charge in [-0.25, -0.2) is 0 Å². The standard InChI is InChI=1S/C13H19N3O3/c1-16-8-2-5-11(16)13(18)15-14-12(17)7-6-10-4-3-9-19-10/h2,5,8,10H,3-4,6-7,9H2,1H3,(H,14,17)(H,15,18). The van der Waals surface area contributed by atoms with Gasteiger partial charge in [-0.3, -0.25) is 20.4 Å². The fourth-order valence-electron chi connectivity index (χ4n) is 2.11. The van der Waals surface area contributed by atoms with E-state index in [-0.39, 0.29) is 17.9 Å². The predicted molar refractivity (Wildman–Crippen MR) is 69.2 cm³/mol. The van der Waals surface area contributed by atoms with Crippen LogP contribution in [0.15, 0.2) is 18.3 Å². The lowest BCUT2D eigenvalue weighted by atomic mass is 10.1. The van der Waals surface area contributed by atoms with Crippen molar-refractivity contribution in [3.63, 3.8) is 0 Å². The van der Waals surface area contributed by atoms with Crippen LogP contribution in [-0.2, 0) is 16.6 Å². The molecule has 19 heavy (non-hydrogen) atoms. The molecule has 2 rings (SSSR count). The van der Waals surface area contributed by atoms with Gasteiger partial charge in [0.05, 0.1) is 6.10 Å². The van der Waals surface area contributed by atoms with Gasteiger partial charge < -0.3 is 9.30 Å². The Morgan fingerprint density at radius 2 is 2.32 bits per heavy atom. The SMILES string of the molecule is Cn1cccc1C(=O)NNC(=O)CCC1CCCO1. The number of rotatable bonds is 4. The van der Waals surface area contributed by atoms with Crippen molar-refractivity contribution in [2.45, 2.75) is 31.8 Å². The van der Waals surface area contributed by atoms with Crippen molar-refractivity contribution >= 4 is 11.8 Å². The highest BCUT2D eigenvalue weighted by Gasteiger charge is 2.17. The highest BCUT2D eigenvalue weighted by atomic mass is 16.5.